The molecule has 0 aliphatic carbocycles. The molecule has 0 fully saturated rings. The van der Waals surface area contributed by atoms with Crippen LogP contribution in [0, 0.1) is 0 Å². The molecule has 13 aromatic rings. The predicted molar refractivity (Wildman–Crippen MR) is 286 cm³/mol. The van der Waals surface area contributed by atoms with Crippen LogP contribution < -0.4 is 9.80 Å². The number of nitrogens with zero attached hydrogens (tertiary/aromatic N) is 4. The van der Waals surface area contributed by atoms with Crippen LogP contribution in [0.3, 0.4) is 0 Å². The summed E-state index contributed by atoms with van der Waals surface area (Å²) in [6.45, 7) is 0. The SMILES string of the molecule is c1ccc(N2c3ccccc3-c3c(n(-c4ccc5oc6ccc(-n7c8c(c9ccccc97)-c7ccccc7N(c7ccccc7)c7ccccc7-8)cc6c5c4)c4ccccc34)-c3ccccc32)cc1. The van der Waals surface area contributed by atoms with Crippen molar-refractivity contribution in [3.05, 3.63) is 243 Å². The maximum atomic E-state index is 6.74. The van der Waals surface area contributed by atoms with Gasteiger partial charge in [-0.15, -0.1) is 0 Å². The van der Waals surface area contributed by atoms with E-state index >= 15 is 0 Å². The topological polar surface area (TPSA) is 29.5 Å². The highest BCUT2D eigenvalue weighted by molar-refractivity contribution is 6.15. The Labute approximate surface area is 398 Å². The Morgan fingerprint density at radius 3 is 1.04 bits per heavy atom. The van der Waals surface area contributed by atoms with Crippen molar-refractivity contribution in [2.24, 2.45) is 0 Å². The van der Waals surface area contributed by atoms with Crippen molar-refractivity contribution >= 4 is 77.9 Å². The van der Waals surface area contributed by atoms with Gasteiger partial charge in [0.2, 0.25) is 0 Å². The highest BCUT2D eigenvalue weighted by atomic mass is 16.3. The van der Waals surface area contributed by atoms with Crippen LogP contribution in [0.5, 0.6) is 0 Å². The third kappa shape index (κ3) is 5.41. The van der Waals surface area contributed by atoms with Crippen LogP contribution >= 0.6 is 0 Å². The molecule has 10 aromatic carbocycles. The van der Waals surface area contributed by atoms with Crippen LogP contribution in [0.2, 0.25) is 0 Å². The van der Waals surface area contributed by atoms with E-state index in [1.807, 2.05) is 0 Å². The van der Waals surface area contributed by atoms with E-state index in [4.69, 9.17) is 4.42 Å². The smallest absolute Gasteiger partial charge is 0.135 e. The summed E-state index contributed by atoms with van der Waals surface area (Å²) in [5.74, 6) is 0. The van der Waals surface area contributed by atoms with Gasteiger partial charge in [0.05, 0.1) is 45.2 Å². The number of anilines is 6. The maximum absolute atomic E-state index is 6.74. The molecule has 0 radical (unpaired) electrons. The Kier molecular flexibility index (Phi) is 8.00. The number of benzene rings is 10. The molecule has 0 amide bonds. The zero-order valence-electron chi connectivity index (χ0n) is 37.3. The Balaban J connectivity index is 0.979. The van der Waals surface area contributed by atoms with E-state index in [2.05, 4.69) is 262 Å². The summed E-state index contributed by atoms with van der Waals surface area (Å²) in [7, 11) is 0. The molecule has 0 unspecified atom stereocenters. The Bertz CT molecular complexity index is 3940. The molecule has 5 nitrogen and oxygen atoms in total. The van der Waals surface area contributed by atoms with Crippen LogP contribution in [0.15, 0.2) is 247 Å². The molecule has 5 heteroatoms. The van der Waals surface area contributed by atoms with E-state index in [0.29, 0.717) is 0 Å². The molecule has 0 N–H and O–H groups in total. The highest BCUT2D eigenvalue weighted by Gasteiger charge is 2.33. The van der Waals surface area contributed by atoms with E-state index in [-0.39, 0.29) is 0 Å². The van der Waals surface area contributed by atoms with Crippen molar-refractivity contribution in [2.75, 3.05) is 9.80 Å². The molecule has 2 aliphatic rings. The zero-order valence-corrected chi connectivity index (χ0v) is 37.3. The highest BCUT2D eigenvalue weighted by Crippen LogP contribution is 2.56. The summed E-state index contributed by atoms with van der Waals surface area (Å²) >= 11 is 0. The van der Waals surface area contributed by atoms with Gasteiger partial charge in [-0.2, -0.15) is 0 Å². The summed E-state index contributed by atoms with van der Waals surface area (Å²) in [5, 5.41) is 4.54. The van der Waals surface area contributed by atoms with Crippen LogP contribution in [-0.2, 0) is 0 Å². The molecule has 15 rings (SSSR count). The standard InChI is InChI=1S/C64H40N4O/c1-3-19-41(20-4-1)65-53-29-13-7-23-45(53)61-47-25-9-15-31-55(47)67(63(61)49-27-11-17-33-57(49)65)43-35-37-59-51(39-43)52-40-44(36-38-60(52)69-59)68-56-32-16-10-26-48(56)62-46-24-8-14-30-54(46)66(42-21-5-2-6-22-42)58-34-18-12-28-50(58)64(62)68/h1-40H. The van der Waals surface area contributed by atoms with E-state index in [9.17, 15) is 0 Å². The third-order valence-electron chi connectivity index (χ3n) is 14.4. The fourth-order valence-corrected chi connectivity index (χ4v) is 11.6. The molecule has 2 aliphatic heterocycles. The molecule has 69 heavy (non-hydrogen) atoms. The molecule has 5 heterocycles. The molecular formula is C64H40N4O. The molecular weight excluding hydrogens is 841 g/mol. The quantitative estimate of drug-likeness (QED) is 0.176. The minimum Gasteiger partial charge on any atom is -0.456 e. The maximum Gasteiger partial charge on any atom is 0.135 e. The van der Waals surface area contributed by atoms with Crippen molar-refractivity contribution in [1.82, 2.24) is 9.13 Å². The zero-order chi connectivity index (χ0) is 45.2. The van der Waals surface area contributed by atoms with Gasteiger partial charge < -0.3 is 23.4 Å². The largest absolute Gasteiger partial charge is 0.456 e. The lowest BCUT2D eigenvalue weighted by Crippen LogP contribution is -2.11. The van der Waals surface area contributed by atoms with Crippen molar-refractivity contribution in [3.8, 4) is 56.1 Å². The third-order valence-corrected chi connectivity index (χ3v) is 14.4. The first-order chi connectivity index (χ1) is 34.3. The first-order valence-electron chi connectivity index (χ1n) is 23.6. The minimum absolute atomic E-state index is 0.850. The van der Waals surface area contributed by atoms with Gasteiger partial charge in [-0.25, -0.2) is 0 Å². The summed E-state index contributed by atoms with van der Waals surface area (Å²) in [6.07, 6.45) is 0. The second-order valence-corrected chi connectivity index (χ2v) is 18.0. The van der Waals surface area contributed by atoms with Gasteiger partial charge in [0, 0.05) is 77.7 Å². The average Bonchev–Trinajstić information content (AvgIpc) is 4.02. The summed E-state index contributed by atoms with van der Waals surface area (Å²) in [5.41, 5.74) is 22.4. The molecule has 0 spiro atoms. The molecule has 0 bridgehead atoms. The normalized spacial score (nSPS) is 12.6. The Morgan fingerprint density at radius 2 is 0.609 bits per heavy atom. The summed E-state index contributed by atoms with van der Waals surface area (Å²) in [6, 6.07) is 88.0. The average molecular weight is 881 g/mol. The fourth-order valence-electron chi connectivity index (χ4n) is 11.6. The lowest BCUT2D eigenvalue weighted by atomic mass is 9.98. The van der Waals surface area contributed by atoms with Gasteiger partial charge in [-0.05, 0) is 97.1 Å². The van der Waals surface area contributed by atoms with E-state index in [1.54, 1.807) is 0 Å². The Hall–Kier alpha value is -9.32. The lowest BCUT2D eigenvalue weighted by Gasteiger charge is -2.27. The molecule has 0 atom stereocenters. The monoisotopic (exact) mass is 880 g/mol. The first kappa shape index (κ1) is 37.9. The van der Waals surface area contributed by atoms with Gasteiger partial charge in [0.15, 0.2) is 0 Å². The number of hydrogen-bond acceptors (Lipinski definition) is 3. The van der Waals surface area contributed by atoms with Gasteiger partial charge in [-0.1, -0.05) is 146 Å². The Morgan fingerprint density at radius 1 is 0.261 bits per heavy atom. The van der Waals surface area contributed by atoms with Crippen molar-refractivity contribution in [1.29, 1.82) is 0 Å². The second-order valence-electron chi connectivity index (χ2n) is 18.0. The molecule has 3 aromatic heterocycles. The van der Waals surface area contributed by atoms with Gasteiger partial charge in [0.25, 0.3) is 0 Å². The molecule has 0 saturated heterocycles. The van der Waals surface area contributed by atoms with Crippen LogP contribution in [-0.4, -0.2) is 9.13 Å². The molecule has 322 valence electrons. The number of rotatable bonds is 4. The number of aromatic nitrogens is 2. The van der Waals surface area contributed by atoms with E-state index in [0.717, 1.165) is 101 Å². The number of para-hydroxylation sites is 8. The summed E-state index contributed by atoms with van der Waals surface area (Å²) < 4.78 is 11.7. The van der Waals surface area contributed by atoms with Gasteiger partial charge in [0.1, 0.15) is 11.2 Å². The van der Waals surface area contributed by atoms with E-state index in [1.165, 1.54) is 33.0 Å². The van der Waals surface area contributed by atoms with Crippen molar-refractivity contribution in [3.63, 3.8) is 0 Å². The fraction of sp³-hybridized carbons (Fsp3) is 0. The number of fused-ring (bicyclic) bond motifs is 17. The van der Waals surface area contributed by atoms with Crippen LogP contribution in [0.25, 0.3) is 99.9 Å². The van der Waals surface area contributed by atoms with Gasteiger partial charge in [-0.3, -0.25) is 0 Å². The number of furan rings is 1. The van der Waals surface area contributed by atoms with Crippen molar-refractivity contribution < 1.29 is 4.42 Å². The molecule has 0 saturated carbocycles. The lowest BCUT2D eigenvalue weighted by molar-refractivity contribution is 0.669. The summed E-state index contributed by atoms with van der Waals surface area (Å²) in [4.78, 5) is 4.83. The van der Waals surface area contributed by atoms with E-state index < -0.39 is 0 Å². The minimum atomic E-state index is 0.850. The van der Waals surface area contributed by atoms with Crippen LogP contribution in [0.4, 0.5) is 34.1 Å². The second kappa shape index (κ2) is 14.6. The number of hydrogen-bond donors (Lipinski definition) is 0. The van der Waals surface area contributed by atoms with Gasteiger partial charge >= 0.3 is 0 Å². The predicted octanol–water partition coefficient (Wildman–Crippen LogP) is 17.7. The first-order valence-corrected chi connectivity index (χ1v) is 23.6. The van der Waals surface area contributed by atoms with Crippen LogP contribution in [0.1, 0.15) is 0 Å². The van der Waals surface area contributed by atoms with Crippen molar-refractivity contribution in [2.45, 2.75) is 0 Å².